The van der Waals surface area contributed by atoms with E-state index in [1.165, 1.54) is 13.0 Å². The monoisotopic (exact) mass is 332 g/mol. The van der Waals surface area contributed by atoms with Crippen molar-refractivity contribution in [1.29, 1.82) is 0 Å². The fourth-order valence-electron chi connectivity index (χ4n) is 2.24. The molecule has 0 spiro atoms. The van der Waals surface area contributed by atoms with Crippen LogP contribution in [0.2, 0.25) is 0 Å². The highest BCUT2D eigenvalue weighted by Crippen LogP contribution is 2.24. The van der Waals surface area contributed by atoms with E-state index in [1.54, 1.807) is 18.2 Å². The molecule has 0 saturated heterocycles. The van der Waals surface area contributed by atoms with Crippen molar-refractivity contribution in [2.75, 3.05) is 5.32 Å². The summed E-state index contributed by atoms with van der Waals surface area (Å²) in [5, 5.41) is 2.70. The minimum atomic E-state index is -1.07. The second-order valence-corrected chi connectivity index (χ2v) is 5.26. The summed E-state index contributed by atoms with van der Waals surface area (Å²) >= 11 is 0. The third kappa shape index (κ3) is 3.19. The number of amides is 1. The average Bonchev–Trinajstić information content (AvgIpc) is 2.95. The first-order chi connectivity index (χ1) is 11.4. The molecule has 0 aliphatic heterocycles. The SMILES string of the molecule is CC(=O)Nc1ccc(OCc2nc3ccc(F)c(F)c3o2)cc1C. The van der Waals surface area contributed by atoms with Crippen LogP contribution in [0, 0.1) is 18.6 Å². The topological polar surface area (TPSA) is 64.4 Å². The van der Waals surface area contributed by atoms with E-state index in [9.17, 15) is 13.6 Å². The Hall–Kier alpha value is -2.96. The molecule has 1 aromatic heterocycles. The lowest BCUT2D eigenvalue weighted by Crippen LogP contribution is -2.07. The van der Waals surface area contributed by atoms with Crippen molar-refractivity contribution in [1.82, 2.24) is 4.98 Å². The molecular weight excluding hydrogens is 318 g/mol. The molecule has 2 aromatic carbocycles. The molecule has 0 bridgehead atoms. The molecule has 0 atom stereocenters. The number of aromatic nitrogens is 1. The van der Waals surface area contributed by atoms with Crippen LogP contribution in [0.1, 0.15) is 18.4 Å². The highest BCUT2D eigenvalue weighted by molar-refractivity contribution is 5.89. The number of carbonyl (C=O) groups excluding carboxylic acids is 1. The summed E-state index contributed by atoms with van der Waals surface area (Å²) in [7, 11) is 0. The molecule has 3 rings (SSSR count). The number of fused-ring (bicyclic) bond motifs is 1. The molecule has 1 amide bonds. The van der Waals surface area contributed by atoms with E-state index in [4.69, 9.17) is 9.15 Å². The first kappa shape index (κ1) is 15.9. The second kappa shape index (κ2) is 6.27. The van der Waals surface area contributed by atoms with Crippen molar-refractivity contribution in [3.8, 4) is 5.75 Å². The summed E-state index contributed by atoms with van der Waals surface area (Å²) < 4.78 is 37.5. The van der Waals surface area contributed by atoms with Crippen molar-refractivity contribution in [2.24, 2.45) is 0 Å². The number of hydrogen-bond donors (Lipinski definition) is 1. The Kier molecular flexibility index (Phi) is 4.16. The third-order valence-corrected chi connectivity index (χ3v) is 3.37. The molecule has 0 aliphatic rings. The average molecular weight is 332 g/mol. The first-order valence-electron chi connectivity index (χ1n) is 7.18. The molecule has 1 heterocycles. The van der Waals surface area contributed by atoms with Gasteiger partial charge >= 0.3 is 0 Å². The van der Waals surface area contributed by atoms with Crippen molar-refractivity contribution in [3.63, 3.8) is 0 Å². The van der Waals surface area contributed by atoms with Crippen LogP contribution in [0.3, 0.4) is 0 Å². The van der Waals surface area contributed by atoms with Gasteiger partial charge in [-0.05, 0) is 42.8 Å². The van der Waals surface area contributed by atoms with Gasteiger partial charge in [0.25, 0.3) is 0 Å². The van der Waals surface area contributed by atoms with Crippen molar-refractivity contribution >= 4 is 22.7 Å². The Bertz CT molecular complexity index is 922. The zero-order valence-electron chi connectivity index (χ0n) is 13.0. The van der Waals surface area contributed by atoms with Crippen LogP contribution in [0.25, 0.3) is 11.1 Å². The fourth-order valence-corrected chi connectivity index (χ4v) is 2.24. The van der Waals surface area contributed by atoms with Gasteiger partial charge in [0.15, 0.2) is 18.0 Å². The van der Waals surface area contributed by atoms with Gasteiger partial charge in [0.2, 0.25) is 17.6 Å². The van der Waals surface area contributed by atoms with Gasteiger partial charge in [-0.3, -0.25) is 4.79 Å². The maximum atomic E-state index is 13.6. The molecule has 5 nitrogen and oxygen atoms in total. The van der Waals surface area contributed by atoms with E-state index < -0.39 is 11.6 Å². The maximum absolute atomic E-state index is 13.6. The number of oxazole rings is 1. The first-order valence-corrected chi connectivity index (χ1v) is 7.18. The predicted octanol–water partition coefficient (Wildman–Crippen LogP) is 3.95. The Labute approximate surface area is 136 Å². The second-order valence-electron chi connectivity index (χ2n) is 5.26. The number of anilines is 1. The lowest BCUT2D eigenvalue weighted by molar-refractivity contribution is -0.114. The van der Waals surface area contributed by atoms with Crippen LogP contribution in [0.15, 0.2) is 34.7 Å². The molecule has 0 aliphatic carbocycles. The van der Waals surface area contributed by atoms with Crippen LogP contribution in [-0.2, 0) is 11.4 Å². The summed E-state index contributed by atoms with van der Waals surface area (Å²) in [5.41, 5.74) is 1.51. The van der Waals surface area contributed by atoms with Gasteiger partial charge in [-0.2, -0.15) is 4.39 Å². The maximum Gasteiger partial charge on any atom is 0.233 e. The van der Waals surface area contributed by atoms with Gasteiger partial charge in [0.1, 0.15) is 11.3 Å². The van der Waals surface area contributed by atoms with Crippen molar-refractivity contribution in [2.45, 2.75) is 20.5 Å². The lowest BCUT2D eigenvalue weighted by Gasteiger charge is -2.09. The number of aryl methyl sites for hydroxylation is 1. The molecule has 0 fully saturated rings. The standard InChI is InChI=1S/C17H14F2N2O3/c1-9-7-11(3-5-13(9)20-10(2)22)23-8-15-21-14-6-4-12(18)16(19)17(14)24-15/h3-7H,8H2,1-2H3,(H,20,22). The minimum Gasteiger partial charge on any atom is -0.484 e. The van der Waals surface area contributed by atoms with E-state index in [2.05, 4.69) is 10.3 Å². The Morgan fingerprint density at radius 1 is 1.29 bits per heavy atom. The summed E-state index contributed by atoms with van der Waals surface area (Å²) in [4.78, 5) is 15.1. The number of benzene rings is 2. The van der Waals surface area contributed by atoms with Gasteiger partial charge in [-0.25, -0.2) is 9.37 Å². The largest absolute Gasteiger partial charge is 0.484 e. The highest BCUT2D eigenvalue weighted by atomic mass is 19.2. The molecular formula is C17H14F2N2O3. The van der Waals surface area contributed by atoms with E-state index in [0.717, 1.165) is 11.6 Å². The molecule has 3 aromatic rings. The van der Waals surface area contributed by atoms with Gasteiger partial charge < -0.3 is 14.5 Å². The van der Waals surface area contributed by atoms with E-state index in [0.29, 0.717) is 11.4 Å². The Morgan fingerprint density at radius 3 is 2.79 bits per heavy atom. The molecule has 0 unspecified atom stereocenters. The fraction of sp³-hybridized carbons (Fsp3) is 0.176. The molecule has 0 saturated carbocycles. The zero-order valence-corrected chi connectivity index (χ0v) is 13.0. The quantitative estimate of drug-likeness (QED) is 0.786. The molecule has 0 radical (unpaired) electrons. The summed E-state index contributed by atoms with van der Waals surface area (Å²) in [5.74, 6) is -1.54. The van der Waals surface area contributed by atoms with Crippen LogP contribution >= 0.6 is 0 Å². The molecule has 7 heteroatoms. The summed E-state index contributed by atoms with van der Waals surface area (Å²) in [6.45, 7) is 3.23. The van der Waals surface area contributed by atoms with Gasteiger partial charge in [0, 0.05) is 12.6 Å². The lowest BCUT2D eigenvalue weighted by atomic mass is 10.2. The van der Waals surface area contributed by atoms with Gasteiger partial charge in [-0.1, -0.05) is 0 Å². The smallest absolute Gasteiger partial charge is 0.233 e. The molecule has 124 valence electrons. The molecule has 24 heavy (non-hydrogen) atoms. The number of halogens is 2. The number of ether oxygens (including phenoxy) is 1. The van der Waals surface area contributed by atoms with E-state index in [1.807, 2.05) is 6.92 Å². The number of carbonyl (C=O) groups is 1. The summed E-state index contributed by atoms with van der Waals surface area (Å²) in [6, 6.07) is 7.48. The zero-order chi connectivity index (χ0) is 17.3. The number of nitrogens with zero attached hydrogens (tertiary/aromatic N) is 1. The Balaban J connectivity index is 1.75. The highest BCUT2D eigenvalue weighted by Gasteiger charge is 2.14. The van der Waals surface area contributed by atoms with Crippen LogP contribution in [0.5, 0.6) is 5.75 Å². The van der Waals surface area contributed by atoms with Crippen LogP contribution < -0.4 is 10.1 Å². The molecule has 1 N–H and O–H groups in total. The van der Waals surface area contributed by atoms with Crippen molar-refractivity contribution in [3.05, 3.63) is 53.4 Å². The predicted molar refractivity (Wildman–Crippen MR) is 83.7 cm³/mol. The van der Waals surface area contributed by atoms with Crippen molar-refractivity contribution < 1.29 is 22.7 Å². The third-order valence-electron chi connectivity index (χ3n) is 3.37. The normalized spacial score (nSPS) is 10.8. The van der Waals surface area contributed by atoms with E-state index in [-0.39, 0.29) is 29.5 Å². The number of nitrogens with one attached hydrogen (secondary N) is 1. The van der Waals surface area contributed by atoms with Gasteiger partial charge in [0.05, 0.1) is 0 Å². The van der Waals surface area contributed by atoms with E-state index >= 15 is 0 Å². The van der Waals surface area contributed by atoms with Crippen LogP contribution in [-0.4, -0.2) is 10.9 Å². The van der Waals surface area contributed by atoms with Gasteiger partial charge in [-0.15, -0.1) is 0 Å². The Morgan fingerprint density at radius 2 is 2.08 bits per heavy atom. The minimum absolute atomic E-state index is 0.0331. The summed E-state index contributed by atoms with van der Waals surface area (Å²) in [6.07, 6.45) is 0. The number of hydrogen-bond acceptors (Lipinski definition) is 4. The van der Waals surface area contributed by atoms with Crippen LogP contribution in [0.4, 0.5) is 14.5 Å². The number of rotatable bonds is 4.